The molecule has 0 fully saturated rings. The molecule has 4 rings (SSSR count). The van der Waals surface area contributed by atoms with E-state index in [4.69, 9.17) is 11.6 Å². The summed E-state index contributed by atoms with van der Waals surface area (Å²) in [7, 11) is 0. The van der Waals surface area contributed by atoms with Crippen LogP contribution in [0.2, 0.25) is 5.02 Å². The Morgan fingerprint density at radius 1 is 0.939 bits per heavy atom. The molecule has 1 aliphatic heterocycles. The molecule has 0 aromatic heterocycles. The number of aryl methyl sites for hydroxylation is 2. The minimum atomic E-state index is -0.475. The van der Waals surface area contributed by atoms with Crippen LogP contribution in [0.15, 0.2) is 72.4 Å². The minimum absolute atomic E-state index is 0.126. The van der Waals surface area contributed by atoms with Crippen molar-refractivity contribution in [1.29, 1.82) is 0 Å². The zero-order valence-corrected chi connectivity index (χ0v) is 19.2. The van der Waals surface area contributed by atoms with Gasteiger partial charge in [-0.1, -0.05) is 55.3 Å². The Morgan fingerprint density at radius 3 is 2.27 bits per heavy atom. The van der Waals surface area contributed by atoms with Gasteiger partial charge in [0.1, 0.15) is 11.5 Å². The monoisotopic (exact) mass is 462 g/mol. The number of halogens is 2. The van der Waals surface area contributed by atoms with Gasteiger partial charge in [0.25, 0.3) is 11.8 Å². The summed E-state index contributed by atoms with van der Waals surface area (Å²) >= 11 is 6.25. The molecular weight excluding hydrogens is 439 g/mol. The van der Waals surface area contributed by atoms with E-state index in [1.807, 2.05) is 25.1 Å². The zero-order valence-electron chi connectivity index (χ0n) is 18.5. The summed E-state index contributed by atoms with van der Waals surface area (Å²) < 4.78 is 13.5. The number of imide groups is 1. The number of rotatable bonds is 7. The highest BCUT2D eigenvalue weighted by Gasteiger charge is 2.40. The lowest BCUT2D eigenvalue weighted by atomic mass is 10.0. The van der Waals surface area contributed by atoms with Crippen LogP contribution < -0.4 is 10.2 Å². The van der Waals surface area contributed by atoms with Crippen molar-refractivity contribution in [3.05, 3.63) is 100.0 Å². The quantitative estimate of drug-likeness (QED) is 0.406. The molecule has 0 unspecified atom stereocenters. The third-order valence-corrected chi connectivity index (χ3v) is 6.08. The highest BCUT2D eigenvalue weighted by molar-refractivity contribution is 6.46. The highest BCUT2D eigenvalue weighted by atomic mass is 35.5. The molecule has 168 valence electrons. The summed E-state index contributed by atoms with van der Waals surface area (Å²) in [6, 6.07) is 18.3. The van der Waals surface area contributed by atoms with Crippen molar-refractivity contribution in [2.75, 3.05) is 10.2 Å². The average molecular weight is 463 g/mol. The maximum Gasteiger partial charge on any atom is 0.282 e. The smallest absolute Gasteiger partial charge is 0.282 e. The first-order valence-electron chi connectivity index (χ1n) is 10.9. The van der Waals surface area contributed by atoms with Crippen molar-refractivity contribution in [1.82, 2.24) is 0 Å². The Kier molecular flexibility index (Phi) is 6.61. The predicted molar refractivity (Wildman–Crippen MR) is 131 cm³/mol. The van der Waals surface area contributed by atoms with E-state index in [0.29, 0.717) is 22.0 Å². The molecule has 1 heterocycles. The van der Waals surface area contributed by atoms with Crippen LogP contribution in [0, 0.1) is 12.7 Å². The maximum absolute atomic E-state index is 13.5. The van der Waals surface area contributed by atoms with Crippen LogP contribution in [-0.2, 0) is 16.0 Å². The van der Waals surface area contributed by atoms with Crippen LogP contribution in [0.25, 0.3) is 5.57 Å². The number of unbranched alkanes of at least 4 members (excludes halogenated alkanes) is 1. The van der Waals surface area contributed by atoms with Crippen LogP contribution >= 0.6 is 11.6 Å². The Balaban J connectivity index is 1.73. The van der Waals surface area contributed by atoms with Gasteiger partial charge in [-0.25, -0.2) is 9.29 Å². The molecule has 0 atom stereocenters. The van der Waals surface area contributed by atoms with Crippen molar-refractivity contribution in [2.24, 2.45) is 0 Å². The minimum Gasteiger partial charge on any atom is -0.350 e. The molecule has 0 bridgehead atoms. The normalized spacial score (nSPS) is 13.8. The fourth-order valence-electron chi connectivity index (χ4n) is 3.77. The molecule has 1 aliphatic rings. The summed E-state index contributed by atoms with van der Waals surface area (Å²) in [4.78, 5) is 28.1. The summed E-state index contributed by atoms with van der Waals surface area (Å²) in [6.45, 7) is 4.01. The number of hydrogen-bond donors (Lipinski definition) is 1. The summed E-state index contributed by atoms with van der Waals surface area (Å²) in [5.41, 5.74) is 3.89. The molecule has 4 nitrogen and oxygen atoms in total. The number of nitrogens with one attached hydrogen (secondary N) is 1. The Labute approximate surface area is 197 Å². The first kappa shape index (κ1) is 22.7. The number of carbonyl (C=O) groups excluding carboxylic acids is 2. The van der Waals surface area contributed by atoms with Gasteiger partial charge in [0.05, 0.1) is 11.3 Å². The molecule has 1 N–H and O–H groups in total. The third kappa shape index (κ3) is 4.69. The molecule has 0 saturated heterocycles. The number of nitrogens with zero attached hydrogens (tertiary/aromatic N) is 1. The summed E-state index contributed by atoms with van der Waals surface area (Å²) in [5.74, 6) is -1.36. The Bertz CT molecular complexity index is 1230. The Morgan fingerprint density at radius 2 is 1.64 bits per heavy atom. The van der Waals surface area contributed by atoms with Gasteiger partial charge in [0.2, 0.25) is 0 Å². The number of amides is 2. The van der Waals surface area contributed by atoms with Gasteiger partial charge in [-0.05, 0) is 72.9 Å². The lowest BCUT2D eigenvalue weighted by Gasteiger charge is -2.16. The van der Waals surface area contributed by atoms with E-state index in [-0.39, 0.29) is 11.3 Å². The van der Waals surface area contributed by atoms with Crippen LogP contribution in [-0.4, -0.2) is 11.8 Å². The van der Waals surface area contributed by atoms with E-state index < -0.39 is 17.6 Å². The van der Waals surface area contributed by atoms with E-state index >= 15 is 0 Å². The lowest BCUT2D eigenvalue weighted by molar-refractivity contribution is -0.120. The van der Waals surface area contributed by atoms with E-state index in [1.54, 1.807) is 24.3 Å². The molecule has 0 aliphatic carbocycles. The van der Waals surface area contributed by atoms with Crippen molar-refractivity contribution in [3.63, 3.8) is 0 Å². The highest BCUT2D eigenvalue weighted by Crippen LogP contribution is 2.34. The topological polar surface area (TPSA) is 49.4 Å². The van der Waals surface area contributed by atoms with Gasteiger partial charge in [-0.2, -0.15) is 0 Å². The van der Waals surface area contributed by atoms with Crippen LogP contribution in [0.1, 0.15) is 36.5 Å². The second kappa shape index (κ2) is 9.59. The maximum atomic E-state index is 13.5. The fraction of sp³-hybridized carbons (Fsp3) is 0.185. The molecule has 6 heteroatoms. The van der Waals surface area contributed by atoms with Crippen LogP contribution in [0.3, 0.4) is 0 Å². The molecule has 0 saturated carbocycles. The molecule has 3 aromatic rings. The van der Waals surface area contributed by atoms with E-state index in [9.17, 15) is 14.0 Å². The molecular formula is C27H24ClFN2O2. The van der Waals surface area contributed by atoms with Crippen LogP contribution in [0.4, 0.5) is 15.8 Å². The van der Waals surface area contributed by atoms with E-state index in [2.05, 4.69) is 12.2 Å². The van der Waals surface area contributed by atoms with Crippen LogP contribution in [0.5, 0.6) is 0 Å². The fourth-order valence-corrected chi connectivity index (χ4v) is 3.95. The number of benzene rings is 3. The summed E-state index contributed by atoms with van der Waals surface area (Å²) in [5, 5.41) is 3.62. The van der Waals surface area contributed by atoms with Crippen molar-refractivity contribution < 1.29 is 14.0 Å². The van der Waals surface area contributed by atoms with Gasteiger partial charge < -0.3 is 5.32 Å². The average Bonchev–Trinajstić information content (AvgIpc) is 3.05. The molecule has 3 aromatic carbocycles. The largest absolute Gasteiger partial charge is 0.350 e. The first-order valence-corrected chi connectivity index (χ1v) is 11.3. The predicted octanol–water partition coefficient (Wildman–Crippen LogP) is 6.53. The standard InChI is InChI=1S/C27H24ClFN2O2/c1-3-4-5-18-7-14-22(15-8-18)31-26(32)24(19-9-11-20(29)12-10-19)25(27(31)33)30-21-13-6-17(2)23(28)16-21/h6-16,30H,3-5H2,1-2H3. The van der Waals surface area contributed by atoms with Gasteiger partial charge in [-0.3, -0.25) is 9.59 Å². The van der Waals surface area contributed by atoms with E-state index in [0.717, 1.165) is 35.3 Å². The molecule has 0 spiro atoms. The van der Waals surface area contributed by atoms with Gasteiger partial charge in [-0.15, -0.1) is 0 Å². The second-order valence-corrected chi connectivity index (χ2v) is 8.47. The zero-order chi connectivity index (χ0) is 23.5. The summed E-state index contributed by atoms with van der Waals surface area (Å²) in [6.07, 6.45) is 3.11. The number of hydrogen-bond acceptors (Lipinski definition) is 3. The molecule has 33 heavy (non-hydrogen) atoms. The Hall–Kier alpha value is -3.44. The van der Waals surface area contributed by atoms with Crippen molar-refractivity contribution >= 4 is 40.4 Å². The number of anilines is 2. The van der Waals surface area contributed by atoms with Gasteiger partial charge >= 0.3 is 0 Å². The molecule has 0 radical (unpaired) electrons. The number of carbonyl (C=O) groups is 2. The van der Waals surface area contributed by atoms with Gasteiger partial charge in [0, 0.05) is 10.7 Å². The van der Waals surface area contributed by atoms with Crippen molar-refractivity contribution in [3.8, 4) is 0 Å². The third-order valence-electron chi connectivity index (χ3n) is 5.67. The van der Waals surface area contributed by atoms with Crippen molar-refractivity contribution in [2.45, 2.75) is 33.1 Å². The second-order valence-electron chi connectivity index (χ2n) is 8.06. The SMILES string of the molecule is CCCCc1ccc(N2C(=O)C(Nc3ccc(C)c(Cl)c3)=C(c3ccc(F)cc3)C2=O)cc1. The van der Waals surface area contributed by atoms with Gasteiger partial charge in [0.15, 0.2) is 0 Å². The molecule has 2 amide bonds. The lowest BCUT2D eigenvalue weighted by Crippen LogP contribution is -2.32. The van der Waals surface area contributed by atoms with E-state index in [1.165, 1.54) is 24.3 Å². The first-order chi connectivity index (χ1) is 15.9.